The lowest BCUT2D eigenvalue weighted by atomic mass is 9.90. The zero-order chi connectivity index (χ0) is 18.0. The number of nitrogens with one attached hydrogen (secondary N) is 1. The van der Waals surface area contributed by atoms with Crippen LogP contribution in [0, 0.1) is 0 Å². The van der Waals surface area contributed by atoms with Crippen molar-refractivity contribution in [3.05, 3.63) is 59.2 Å². The molecule has 3 rings (SSSR count). The third-order valence-corrected chi connectivity index (χ3v) is 6.33. The molecule has 1 N–H and O–H groups in total. The summed E-state index contributed by atoms with van der Waals surface area (Å²) in [6.07, 6.45) is 4.29. The van der Waals surface area contributed by atoms with Crippen molar-refractivity contribution in [1.82, 2.24) is 4.31 Å². The van der Waals surface area contributed by atoms with Gasteiger partial charge in [-0.1, -0.05) is 18.2 Å². The lowest BCUT2D eigenvalue weighted by molar-refractivity contribution is 0.102. The van der Waals surface area contributed by atoms with Crippen LogP contribution in [0.2, 0.25) is 0 Å². The first kappa shape index (κ1) is 17.6. The molecule has 0 spiro atoms. The lowest BCUT2D eigenvalue weighted by Crippen LogP contribution is -2.23. The monoisotopic (exact) mass is 358 g/mol. The van der Waals surface area contributed by atoms with Crippen molar-refractivity contribution in [3.8, 4) is 0 Å². The van der Waals surface area contributed by atoms with Crippen molar-refractivity contribution in [2.24, 2.45) is 0 Å². The summed E-state index contributed by atoms with van der Waals surface area (Å²) in [5.74, 6) is -0.297. The number of benzene rings is 2. The average molecular weight is 358 g/mol. The Morgan fingerprint density at radius 2 is 1.76 bits per heavy atom. The van der Waals surface area contributed by atoms with E-state index in [4.69, 9.17) is 0 Å². The molecule has 25 heavy (non-hydrogen) atoms. The maximum Gasteiger partial charge on any atom is 0.255 e. The average Bonchev–Trinajstić information content (AvgIpc) is 2.62. The second kappa shape index (κ2) is 6.98. The number of sulfonamides is 1. The number of rotatable bonds is 4. The molecule has 0 aliphatic heterocycles. The highest BCUT2D eigenvalue weighted by Gasteiger charge is 2.20. The molecule has 0 saturated carbocycles. The van der Waals surface area contributed by atoms with Crippen molar-refractivity contribution in [3.63, 3.8) is 0 Å². The number of fused-ring (bicyclic) bond motifs is 1. The van der Waals surface area contributed by atoms with Gasteiger partial charge in [-0.15, -0.1) is 0 Å². The van der Waals surface area contributed by atoms with E-state index < -0.39 is 10.0 Å². The van der Waals surface area contributed by atoms with Gasteiger partial charge in [0.05, 0.1) is 4.90 Å². The molecule has 132 valence electrons. The molecule has 0 aromatic heterocycles. The quantitative estimate of drug-likeness (QED) is 0.913. The van der Waals surface area contributed by atoms with Crippen LogP contribution >= 0.6 is 0 Å². The van der Waals surface area contributed by atoms with E-state index in [1.807, 2.05) is 12.1 Å². The van der Waals surface area contributed by atoms with E-state index in [1.54, 1.807) is 12.1 Å². The van der Waals surface area contributed by atoms with Crippen LogP contribution in [0.25, 0.3) is 0 Å². The number of anilines is 1. The smallest absolute Gasteiger partial charge is 0.255 e. The highest BCUT2D eigenvalue weighted by Crippen LogP contribution is 2.28. The predicted octanol–water partition coefficient (Wildman–Crippen LogP) is 3.07. The Balaban J connectivity index is 1.88. The second-order valence-corrected chi connectivity index (χ2v) is 8.57. The third-order valence-electron chi connectivity index (χ3n) is 4.52. The highest BCUT2D eigenvalue weighted by atomic mass is 32.2. The van der Waals surface area contributed by atoms with E-state index in [2.05, 4.69) is 11.4 Å². The van der Waals surface area contributed by atoms with E-state index in [0.717, 1.165) is 29.3 Å². The molecule has 0 fully saturated rings. The van der Waals surface area contributed by atoms with E-state index in [0.29, 0.717) is 5.56 Å². The molecule has 1 amide bonds. The van der Waals surface area contributed by atoms with Gasteiger partial charge >= 0.3 is 0 Å². The second-order valence-electron chi connectivity index (χ2n) is 6.42. The van der Waals surface area contributed by atoms with Gasteiger partial charge in [-0.3, -0.25) is 4.79 Å². The summed E-state index contributed by atoms with van der Waals surface area (Å²) < 4.78 is 25.6. The highest BCUT2D eigenvalue weighted by molar-refractivity contribution is 7.89. The molecule has 6 heteroatoms. The van der Waals surface area contributed by atoms with Gasteiger partial charge in [0, 0.05) is 25.3 Å². The molecule has 2 aromatic carbocycles. The molecule has 0 radical (unpaired) electrons. The molecule has 0 atom stereocenters. The molecule has 1 aliphatic carbocycles. The Kier molecular flexibility index (Phi) is 4.92. The predicted molar refractivity (Wildman–Crippen MR) is 98.4 cm³/mol. The molecule has 0 heterocycles. The van der Waals surface area contributed by atoms with Crippen molar-refractivity contribution in [2.45, 2.75) is 30.6 Å². The molecular formula is C19H22N2O3S. The normalized spacial score (nSPS) is 14.2. The van der Waals surface area contributed by atoms with Crippen molar-refractivity contribution < 1.29 is 13.2 Å². The number of amides is 1. The van der Waals surface area contributed by atoms with Crippen LogP contribution in [-0.4, -0.2) is 32.7 Å². The fraction of sp³-hybridized carbons (Fsp3) is 0.316. The fourth-order valence-electron chi connectivity index (χ4n) is 3.10. The van der Waals surface area contributed by atoms with Gasteiger partial charge in [-0.2, -0.15) is 0 Å². The standard InChI is InChI=1S/C19H22N2O3S/c1-21(2)25(23,24)16-10-5-9-15(13-16)19(22)20-18-12-6-8-14-7-3-4-11-17(14)18/h5-6,8-10,12-13H,3-4,7,11H2,1-2H3,(H,20,22). The van der Waals surface area contributed by atoms with E-state index >= 15 is 0 Å². The van der Waals surface area contributed by atoms with E-state index in [1.165, 1.54) is 43.8 Å². The summed E-state index contributed by atoms with van der Waals surface area (Å²) in [4.78, 5) is 12.7. The summed E-state index contributed by atoms with van der Waals surface area (Å²) in [5.41, 5.74) is 3.63. The molecule has 2 aromatic rings. The Labute approximate surface area is 148 Å². The maximum atomic E-state index is 12.6. The zero-order valence-electron chi connectivity index (χ0n) is 14.5. The number of hydrogen-bond acceptors (Lipinski definition) is 3. The Hall–Kier alpha value is -2.18. The van der Waals surface area contributed by atoms with E-state index in [9.17, 15) is 13.2 Å². The summed E-state index contributed by atoms with van der Waals surface area (Å²) in [6.45, 7) is 0. The number of aryl methyl sites for hydroxylation is 1. The first-order valence-corrected chi connectivity index (χ1v) is 9.78. The summed E-state index contributed by atoms with van der Waals surface area (Å²) in [6, 6.07) is 12.1. The van der Waals surface area contributed by atoms with Crippen molar-refractivity contribution in [1.29, 1.82) is 0 Å². The van der Waals surface area contributed by atoms with Crippen molar-refractivity contribution >= 4 is 21.6 Å². The van der Waals surface area contributed by atoms with Gasteiger partial charge in [0.1, 0.15) is 0 Å². The van der Waals surface area contributed by atoms with Crippen LogP contribution in [0.4, 0.5) is 5.69 Å². The number of carbonyl (C=O) groups is 1. The fourth-order valence-corrected chi connectivity index (χ4v) is 4.05. The SMILES string of the molecule is CN(C)S(=O)(=O)c1cccc(C(=O)Nc2cccc3c2CCCC3)c1. The Bertz CT molecular complexity index is 905. The van der Waals surface area contributed by atoms with Gasteiger partial charge < -0.3 is 5.32 Å². The summed E-state index contributed by atoms with van der Waals surface area (Å²) in [7, 11) is -0.626. The van der Waals surface area contributed by atoms with Gasteiger partial charge in [0.25, 0.3) is 5.91 Å². The van der Waals surface area contributed by atoms with Crippen LogP contribution in [-0.2, 0) is 22.9 Å². The molecule has 0 saturated heterocycles. The molecule has 0 bridgehead atoms. The molecule has 0 unspecified atom stereocenters. The largest absolute Gasteiger partial charge is 0.322 e. The minimum absolute atomic E-state index is 0.111. The number of hydrogen-bond donors (Lipinski definition) is 1. The Morgan fingerprint density at radius 3 is 2.52 bits per heavy atom. The molecule has 5 nitrogen and oxygen atoms in total. The van der Waals surface area contributed by atoms with Gasteiger partial charge in [0.2, 0.25) is 10.0 Å². The molecule has 1 aliphatic rings. The Morgan fingerprint density at radius 1 is 1.04 bits per heavy atom. The van der Waals surface area contributed by atoms with Crippen molar-refractivity contribution in [2.75, 3.05) is 19.4 Å². The molecular weight excluding hydrogens is 336 g/mol. The first-order valence-electron chi connectivity index (χ1n) is 8.34. The van der Waals surface area contributed by atoms with E-state index in [-0.39, 0.29) is 10.8 Å². The summed E-state index contributed by atoms with van der Waals surface area (Å²) >= 11 is 0. The third kappa shape index (κ3) is 3.60. The lowest BCUT2D eigenvalue weighted by Gasteiger charge is -2.19. The zero-order valence-corrected chi connectivity index (χ0v) is 15.3. The minimum atomic E-state index is -3.57. The summed E-state index contributed by atoms with van der Waals surface area (Å²) in [5, 5.41) is 2.95. The van der Waals surface area contributed by atoms with Crippen LogP contribution in [0.5, 0.6) is 0 Å². The van der Waals surface area contributed by atoms with Gasteiger partial charge in [-0.25, -0.2) is 12.7 Å². The van der Waals surface area contributed by atoms with Crippen LogP contribution in [0.3, 0.4) is 0 Å². The number of nitrogens with zero attached hydrogens (tertiary/aromatic N) is 1. The van der Waals surface area contributed by atoms with Gasteiger partial charge in [-0.05, 0) is 61.1 Å². The first-order chi connectivity index (χ1) is 11.9. The topological polar surface area (TPSA) is 66.5 Å². The van der Waals surface area contributed by atoms with Crippen LogP contribution in [0.15, 0.2) is 47.4 Å². The van der Waals surface area contributed by atoms with Crippen LogP contribution in [0.1, 0.15) is 34.3 Å². The maximum absolute atomic E-state index is 12.6. The number of carbonyl (C=O) groups excluding carboxylic acids is 1. The minimum Gasteiger partial charge on any atom is -0.322 e. The van der Waals surface area contributed by atoms with Crippen LogP contribution < -0.4 is 5.32 Å². The van der Waals surface area contributed by atoms with Gasteiger partial charge in [0.15, 0.2) is 0 Å².